The summed E-state index contributed by atoms with van der Waals surface area (Å²) < 4.78 is 6.27. The lowest BCUT2D eigenvalue weighted by atomic mass is 10.2. The van der Waals surface area contributed by atoms with Crippen LogP contribution < -0.4 is 15.8 Å². The Hall–Kier alpha value is -1.33. The van der Waals surface area contributed by atoms with E-state index in [9.17, 15) is 4.79 Å². The first-order chi connectivity index (χ1) is 8.17. The maximum absolute atomic E-state index is 11.3. The third-order valence-electron chi connectivity index (χ3n) is 2.05. The van der Waals surface area contributed by atoms with Crippen molar-refractivity contribution >= 4 is 21.8 Å². The topological polar surface area (TPSA) is 64.3 Å². The second-order valence-corrected chi connectivity index (χ2v) is 4.19. The average molecular weight is 299 g/mol. The monoisotopic (exact) mass is 298 g/mol. The van der Waals surface area contributed by atoms with Crippen LogP contribution in [0.5, 0.6) is 5.75 Å². The molecule has 0 aromatic heterocycles. The zero-order chi connectivity index (χ0) is 12.7. The number of halogens is 1. The van der Waals surface area contributed by atoms with Gasteiger partial charge in [-0.15, -0.1) is 6.58 Å². The maximum Gasteiger partial charge on any atom is 0.258 e. The van der Waals surface area contributed by atoms with Crippen molar-refractivity contribution in [2.24, 2.45) is 5.73 Å². The summed E-state index contributed by atoms with van der Waals surface area (Å²) in [4.78, 5) is 11.3. The Balaban J connectivity index is 2.51. The zero-order valence-electron chi connectivity index (χ0n) is 9.41. The molecule has 92 valence electrons. The summed E-state index contributed by atoms with van der Waals surface area (Å²) >= 11 is 3.38. The second-order valence-electron chi connectivity index (χ2n) is 3.34. The first-order valence-electron chi connectivity index (χ1n) is 5.16. The van der Waals surface area contributed by atoms with Gasteiger partial charge in [0.25, 0.3) is 5.91 Å². The first-order valence-corrected chi connectivity index (χ1v) is 5.95. The van der Waals surface area contributed by atoms with Crippen LogP contribution in [-0.4, -0.2) is 19.1 Å². The molecule has 1 amide bonds. The fourth-order valence-corrected chi connectivity index (χ4v) is 1.59. The summed E-state index contributed by atoms with van der Waals surface area (Å²) in [5, 5.41) is 2.63. The van der Waals surface area contributed by atoms with Crippen molar-refractivity contribution in [2.75, 3.05) is 13.2 Å². The number of hydrogen-bond acceptors (Lipinski definition) is 3. The molecule has 0 heterocycles. The van der Waals surface area contributed by atoms with E-state index in [2.05, 4.69) is 27.8 Å². The number of carbonyl (C=O) groups excluding carboxylic acids is 1. The largest absolute Gasteiger partial charge is 0.484 e. The van der Waals surface area contributed by atoms with E-state index in [1.165, 1.54) is 0 Å². The van der Waals surface area contributed by atoms with E-state index in [-0.39, 0.29) is 12.5 Å². The van der Waals surface area contributed by atoms with E-state index in [1.807, 2.05) is 12.1 Å². The van der Waals surface area contributed by atoms with E-state index >= 15 is 0 Å². The molecule has 0 radical (unpaired) electrons. The molecular formula is C12H15BrN2O2. The Kier molecular flexibility index (Phi) is 5.72. The Bertz CT molecular complexity index is 407. The number of hydrogen-bond donors (Lipinski definition) is 2. The zero-order valence-corrected chi connectivity index (χ0v) is 11.0. The summed E-state index contributed by atoms with van der Waals surface area (Å²) in [5.41, 5.74) is 6.50. The van der Waals surface area contributed by atoms with Gasteiger partial charge in [-0.25, -0.2) is 0 Å². The molecule has 0 fully saturated rings. The van der Waals surface area contributed by atoms with Crippen molar-refractivity contribution in [3.05, 3.63) is 40.9 Å². The van der Waals surface area contributed by atoms with Gasteiger partial charge in [0, 0.05) is 17.6 Å². The highest BCUT2D eigenvalue weighted by atomic mass is 79.9. The molecule has 0 saturated carbocycles. The summed E-state index contributed by atoms with van der Waals surface area (Å²) in [6, 6.07) is 5.44. The van der Waals surface area contributed by atoms with Gasteiger partial charge in [-0.1, -0.05) is 22.0 Å². The van der Waals surface area contributed by atoms with Crippen molar-refractivity contribution in [2.45, 2.75) is 6.54 Å². The molecule has 1 aromatic rings. The predicted octanol–water partition coefficient (Wildman–Crippen LogP) is 1.59. The third-order valence-corrected chi connectivity index (χ3v) is 2.82. The van der Waals surface area contributed by atoms with Gasteiger partial charge in [0.1, 0.15) is 5.75 Å². The molecule has 0 aliphatic carbocycles. The highest BCUT2D eigenvalue weighted by Crippen LogP contribution is 2.22. The standard InChI is InChI=1S/C12H15BrN2O2/c1-2-5-15-12(16)8-17-10-3-4-11(13)9(6-10)7-14/h2-4,6H,1,5,7-8,14H2,(H,15,16). The van der Waals surface area contributed by atoms with E-state index in [4.69, 9.17) is 10.5 Å². The average Bonchev–Trinajstić information content (AvgIpc) is 2.35. The molecule has 0 saturated heterocycles. The molecule has 1 aromatic carbocycles. The quantitative estimate of drug-likeness (QED) is 0.784. The van der Waals surface area contributed by atoms with Crippen LogP contribution in [0.25, 0.3) is 0 Å². The van der Waals surface area contributed by atoms with Crippen LogP contribution in [0, 0.1) is 0 Å². The minimum atomic E-state index is -0.179. The van der Waals surface area contributed by atoms with E-state index in [1.54, 1.807) is 12.1 Å². The number of benzene rings is 1. The molecule has 0 bridgehead atoms. The van der Waals surface area contributed by atoms with Gasteiger partial charge in [0.05, 0.1) is 0 Å². The molecule has 3 N–H and O–H groups in total. The van der Waals surface area contributed by atoms with Crippen LogP contribution in [0.3, 0.4) is 0 Å². The fraction of sp³-hybridized carbons (Fsp3) is 0.250. The Morgan fingerprint density at radius 3 is 3.00 bits per heavy atom. The highest BCUT2D eigenvalue weighted by Gasteiger charge is 2.04. The van der Waals surface area contributed by atoms with Crippen molar-refractivity contribution < 1.29 is 9.53 Å². The van der Waals surface area contributed by atoms with Crippen molar-refractivity contribution in [1.29, 1.82) is 0 Å². The number of nitrogens with one attached hydrogen (secondary N) is 1. The lowest BCUT2D eigenvalue weighted by molar-refractivity contribution is -0.122. The number of rotatable bonds is 6. The van der Waals surface area contributed by atoms with Crippen molar-refractivity contribution in [3.8, 4) is 5.75 Å². The Morgan fingerprint density at radius 2 is 2.35 bits per heavy atom. The summed E-state index contributed by atoms with van der Waals surface area (Å²) in [7, 11) is 0. The van der Waals surface area contributed by atoms with Gasteiger partial charge in [0.15, 0.2) is 6.61 Å². The lowest BCUT2D eigenvalue weighted by Gasteiger charge is -2.08. The van der Waals surface area contributed by atoms with Gasteiger partial charge in [-0.3, -0.25) is 4.79 Å². The maximum atomic E-state index is 11.3. The molecule has 17 heavy (non-hydrogen) atoms. The molecule has 0 unspecified atom stereocenters. The van der Waals surface area contributed by atoms with Gasteiger partial charge >= 0.3 is 0 Å². The minimum absolute atomic E-state index is 0.0144. The first kappa shape index (κ1) is 13.7. The Morgan fingerprint density at radius 1 is 1.59 bits per heavy atom. The molecule has 4 nitrogen and oxygen atoms in total. The molecule has 1 rings (SSSR count). The predicted molar refractivity (Wildman–Crippen MR) is 70.7 cm³/mol. The number of carbonyl (C=O) groups is 1. The third kappa shape index (κ3) is 4.58. The molecular weight excluding hydrogens is 284 g/mol. The van der Waals surface area contributed by atoms with Crippen LogP contribution in [-0.2, 0) is 11.3 Å². The van der Waals surface area contributed by atoms with E-state index in [0.717, 1.165) is 10.0 Å². The summed E-state index contributed by atoms with van der Waals surface area (Å²) in [6.07, 6.45) is 1.62. The second kappa shape index (κ2) is 7.09. The van der Waals surface area contributed by atoms with Gasteiger partial charge in [0.2, 0.25) is 0 Å². The molecule has 0 spiro atoms. The lowest BCUT2D eigenvalue weighted by Crippen LogP contribution is -2.28. The molecule has 5 heteroatoms. The van der Waals surface area contributed by atoms with Crippen LogP contribution in [0.4, 0.5) is 0 Å². The number of ether oxygens (including phenoxy) is 1. The minimum Gasteiger partial charge on any atom is -0.484 e. The van der Waals surface area contributed by atoms with Gasteiger partial charge in [-0.05, 0) is 23.8 Å². The Labute approximate surface area is 109 Å². The SMILES string of the molecule is C=CCNC(=O)COc1ccc(Br)c(CN)c1. The summed E-state index contributed by atoms with van der Waals surface area (Å²) in [6.45, 7) is 4.35. The van der Waals surface area contributed by atoms with Crippen LogP contribution in [0.1, 0.15) is 5.56 Å². The van der Waals surface area contributed by atoms with Gasteiger partial charge < -0.3 is 15.8 Å². The van der Waals surface area contributed by atoms with Crippen LogP contribution >= 0.6 is 15.9 Å². The van der Waals surface area contributed by atoms with E-state index < -0.39 is 0 Å². The van der Waals surface area contributed by atoms with Crippen LogP contribution in [0.15, 0.2) is 35.3 Å². The van der Waals surface area contributed by atoms with Crippen LogP contribution in [0.2, 0.25) is 0 Å². The van der Waals surface area contributed by atoms with Gasteiger partial charge in [-0.2, -0.15) is 0 Å². The summed E-state index contributed by atoms with van der Waals surface area (Å²) in [5.74, 6) is 0.449. The van der Waals surface area contributed by atoms with E-state index in [0.29, 0.717) is 18.8 Å². The normalized spacial score (nSPS) is 9.76. The molecule has 0 aliphatic rings. The molecule has 0 atom stereocenters. The smallest absolute Gasteiger partial charge is 0.258 e. The fourth-order valence-electron chi connectivity index (χ4n) is 1.18. The highest BCUT2D eigenvalue weighted by molar-refractivity contribution is 9.10. The van der Waals surface area contributed by atoms with Crippen molar-refractivity contribution in [1.82, 2.24) is 5.32 Å². The number of nitrogens with two attached hydrogens (primary N) is 1. The molecule has 0 aliphatic heterocycles. The van der Waals surface area contributed by atoms with Crippen molar-refractivity contribution in [3.63, 3.8) is 0 Å². The number of amides is 1.